The molecule has 1 aromatic carbocycles. The molecule has 1 aromatic rings. The topological polar surface area (TPSA) is 18.5 Å². The summed E-state index contributed by atoms with van der Waals surface area (Å²) in [5, 5.41) is 0. The van der Waals surface area contributed by atoms with Crippen molar-refractivity contribution in [3.8, 4) is 11.5 Å². The van der Waals surface area contributed by atoms with Crippen LogP contribution in [0.2, 0.25) is 0 Å². The number of hydrogen-bond acceptors (Lipinski definition) is 2. The predicted molar refractivity (Wildman–Crippen MR) is 62.3 cm³/mol. The average molecular weight is 207 g/mol. The van der Waals surface area contributed by atoms with Gasteiger partial charge in [-0.3, -0.25) is 0 Å². The highest BCUT2D eigenvalue weighted by Gasteiger charge is 1.95. The zero-order chi connectivity index (χ0) is 10.9. The summed E-state index contributed by atoms with van der Waals surface area (Å²) in [5.74, 6) is 1.78. The Hall–Kier alpha value is -1.18. The summed E-state index contributed by atoms with van der Waals surface area (Å²) in [6.07, 6.45) is 3.04. The maximum Gasteiger partial charge on any atom is 0.119 e. The van der Waals surface area contributed by atoms with Crippen LogP contribution in [0.1, 0.15) is 26.2 Å². The molecule has 1 rings (SSSR count). The van der Waals surface area contributed by atoms with Crippen LogP contribution in [0.5, 0.6) is 11.5 Å². The molecule has 0 amide bonds. The lowest BCUT2D eigenvalue weighted by Crippen LogP contribution is -1.97. The Balaban J connectivity index is 2.35. The summed E-state index contributed by atoms with van der Waals surface area (Å²) in [5.41, 5.74) is 0. The minimum atomic E-state index is 0.663. The van der Waals surface area contributed by atoms with Crippen LogP contribution in [0, 0.1) is 6.92 Å². The van der Waals surface area contributed by atoms with Gasteiger partial charge < -0.3 is 9.47 Å². The van der Waals surface area contributed by atoms with Gasteiger partial charge in [0.15, 0.2) is 0 Å². The summed E-state index contributed by atoms with van der Waals surface area (Å²) in [4.78, 5) is 0. The molecular formula is C13H19O2. The largest absolute Gasteiger partial charge is 0.494 e. The molecule has 2 heteroatoms. The van der Waals surface area contributed by atoms with E-state index in [1.807, 2.05) is 24.3 Å². The number of benzene rings is 1. The second kappa shape index (κ2) is 7.16. The quantitative estimate of drug-likeness (QED) is 0.637. The number of rotatable bonds is 7. The van der Waals surface area contributed by atoms with Crippen LogP contribution in [0.25, 0.3) is 0 Å². The van der Waals surface area contributed by atoms with Gasteiger partial charge >= 0.3 is 0 Å². The van der Waals surface area contributed by atoms with Crippen molar-refractivity contribution in [2.24, 2.45) is 0 Å². The van der Waals surface area contributed by atoms with Crippen molar-refractivity contribution in [3.05, 3.63) is 31.2 Å². The van der Waals surface area contributed by atoms with Crippen LogP contribution in [0.3, 0.4) is 0 Å². The monoisotopic (exact) mass is 207 g/mol. The fraction of sp³-hybridized carbons (Fsp3) is 0.462. The molecule has 1 radical (unpaired) electrons. The lowest BCUT2D eigenvalue weighted by Gasteiger charge is -2.07. The Bertz CT molecular complexity index is 254. The van der Waals surface area contributed by atoms with E-state index >= 15 is 0 Å². The Morgan fingerprint density at radius 2 is 1.53 bits per heavy atom. The predicted octanol–water partition coefficient (Wildman–Crippen LogP) is 3.47. The van der Waals surface area contributed by atoms with Crippen LogP contribution in [-0.4, -0.2) is 13.2 Å². The second-order valence-corrected chi connectivity index (χ2v) is 3.38. The molecule has 83 valence electrons. The zero-order valence-electron chi connectivity index (χ0n) is 9.37. The highest BCUT2D eigenvalue weighted by Crippen LogP contribution is 2.17. The lowest BCUT2D eigenvalue weighted by atomic mass is 10.3. The molecule has 0 N–H and O–H groups in total. The minimum absolute atomic E-state index is 0.663. The van der Waals surface area contributed by atoms with Gasteiger partial charge in [0.2, 0.25) is 0 Å². The van der Waals surface area contributed by atoms with Crippen LogP contribution >= 0.6 is 0 Å². The molecule has 0 aliphatic heterocycles. The smallest absolute Gasteiger partial charge is 0.119 e. The van der Waals surface area contributed by atoms with E-state index in [4.69, 9.17) is 9.47 Å². The van der Waals surface area contributed by atoms with E-state index in [1.165, 1.54) is 0 Å². The number of ether oxygens (including phenoxy) is 2. The summed E-state index contributed by atoms with van der Waals surface area (Å²) in [6, 6.07) is 7.73. The van der Waals surface area contributed by atoms with Crippen LogP contribution in [0.4, 0.5) is 0 Å². The van der Waals surface area contributed by atoms with Gasteiger partial charge in [-0.25, -0.2) is 0 Å². The van der Waals surface area contributed by atoms with Crippen molar-refractivity contribution < 1.29 is 9.47 Å². The Morgan fingerprint density at radius 3 is 2.00 bits per heavy atom. The van der Waals surface area contributed by atoms with Crippen molar-refractivity contribution in [1.82, 2.24) is 0 Å². The molecule has 15 heavy (non-hydrogen) atoms. The lowest BCUT2D eigenvalue weighted by molar-refractivity contribution is 0.305. The molecule has 0 aromatic heterocycles. The number of hydrogen-bond donors (Lipinski definition) is 0. The molecule has 0 aliphatic rings. The van der Waals surface area contributed by atoms with Crippen LogP contribution in [0.15, 0.2) is 24.3 Å². The Morgan fingerprint density at radius 1 is 1.00 bits per heavy atom. The van der Waals surface area contributed by atoms with E-state index in [0.717, 1.165) is 37.4 Å². The van der Waals surface area contributed by atoms with E-state index in [-0.39, 0.29) is 0 Å². The average Bonchev–Trinajstić information content (AvgIpc) is 2.28. The molecular weight excluding hydrogens is 188 g/mol. The first-order chi connectivity index (χ1) is 7.36. The maximum absolute atomic E-state index is 5.54. The third-order valence-electron chi connectivity index (χ3n) is 2.00. The minimum Gasteiger partial charge on any atom is -0.494 e. The zero-order valence-corrected chi connectivity index (χ0v) is 9.37. The second-order valence-electron chi connectivity index (χ2n) is 3.38. The van der Waals surface area contributed by atoms with Gasteiger partial charge in [-0.05, 0) is 44.0 Å². The van der Waals surface area contributed by atoms with Crippen molar-refractivity contribution in [2.75, 3.05) is 13.2 Å². The van der Waals surface area contributed by atoms with E-state index in [2.05, 4.69) is 13.8 Å². The van der Waals surface area contributed by atoms with E-state index < -0.39 is 0 Å². The Kier molecular flexibility index (Phi) is 5.67. The molecule has 0 unspecified atom stereocenters. The molecule has 0 saturated carbocycles. The molecule has 2 nitrogen and oxygen atoms in total. The normalized spacial score (nSPS) is 10.0. The van der Waals surface area contributed by atoms with Gasteiger partial charge in [-0.15, -0.1) is 0 Å². The van der Waals surface area contributed by atoms with Crippen molar-refractivity contribution in [1.29, 1.82) is 0 Å². The van der Waals surface area contributed by atoms with Gasteiger partial charge in [0.25, 0.3) is 0 Å². The van der Waals surface area contributed by atoms with Gasteiger partial charge in [0, 0.05) is 0 Å². The van der Waals surface area contributed by atoms with E-state index in [0.29, 0.717) is 6.61 Å². The van der Waals surface area contributed by atoms with E-state index in [1.54, 1.807) is 0 Å². The third kappa shape index (κ3) is 4.73. The molecule has 0 spiro atoms. The fourth-order valence-corrected chi connectivity index (χ4v) is 1.16. The summed E-state index contributed by atoms with van der Waals surface area (Å²) in [6.45, 7) is 7.32. The highest BCUT2D eigenvalue weighted by atomic mass is 16.5. The maximum atomic E-state index is 5.54. The SMILES string of the molecule is [CH2]CCOc1ccc(OCCCC)cc1. The first-order valence-corrected chi connectivity index (χ1v) is 5.51. The van der Waals surface area contributed by atoms with Crippen molar-refractivity contribution >= 4 is 0 Å². The summed E-state index contributed by atoms with van der Waals surface area (Å²) < 4.78 is 11.0. The summed E-state index contributed by atoms with van der Waals surface area (Å²) in [7, 11) is 0. The molecule has 0 atom stereocenters. The Labute approximate surface area is 92.2 Å². The highest BCUT2D eigenvalue weighted by molar-refractivity contribution is 5.31. The van der Waals surface area contributed by atoms with Gasteiger partial charge in [0.05, 0.1) is 13.2 Å². The molecule has 0 fully saturated rings. The fourth-order valence-electron chi connectivity index (χ4n) is 1.16. The third-order valence-corrected chi connectivity index (χ3v) is 2.00. The van der Waals surface area contributed by atoms with Crippen LogP contribution < -0.4 is 9.47 Å². The van der Waals surface area contributed by atoms with Gasteiger partial charge in [-0.1, -0.05) is 13.3 Å². The number of unbranched alkanes of at least 4 members (excludes halogenated alkanes) is 1. The van der Waals surface area contributed by atoms with Gasteiger partial charge in [0.1, 0.15) is 11.5 Å². The first kappa shape index (κ1) is 11.9. The van der Waals surface area contributed by atoms with Gasteiger partial charge in [-0.2, -0.15) is 0 Å². The summed E-state index contributed by atoms with van der Waals surface area (Å²) >= 11 is 0. The standard InChI is InChI=1S/C13H19O2/c1-3-5-11-15-13-8-6-12(7-9-13)14-10-4-2/h6-9H,2-5,10-11H2,1H3. The molecule has 0 bridgehead atoms. The molecule has 0 saturated heterocycles. The van der Waals surface area contributed by atoms with Crippen molar-refractivity contribution in [3.63, 3.8) is 0 Å². The molecule has 0 aliphatic carbocycles. The van der Waals surface area contributed by atoms with Crippen molar-refractivity contribution in [2.45, 2.75) is 26.2 Å². The molecule has 0 heterocycles. The van der Waals surface area contributed by atoms with E-state index in [9.17, 15) is 0 Å². The first-order valence-electron chi connectivity index (χ1n) is 5.51. The van der Waals surface area contributed by atoms with Crippen LogP contribution in [-0.2, 0) is 0 Å².